The summed E-state index contributed by atoms with van der Waals surface area (Å²) >= 11 is 5.58. The Hall–Kier alpha value is 0.507. The highest BCUT2D eigenvalue weighted by molar-refractivity contribution is 6.50. The fourth-order valence-electron chi connectivity index (χ4n) is 0.875. The van der Waals surface area contributed by atoms with Gasteiger partial charge in [-0.1, -0.05) is 38.7 Å². The van der Waals surface area contributed by atoms with Gasteiger partial charge in [0.1, 0.15) is 0 Å². The van der Waals surface area contributed by atoms with Crippen molar-refractivity contribution < 1.29 is 0 Å². The fourth-order valence-corrected chi connectivity index (χ4v) is 2.34. The summed E-state index contributed by atoms with van der Waals surface area (Å²) in [6, 6.07) is 1.46. The Morgan fingerprint density at radius 3 is 2.56 bits per heavy atom. The van der Waals surface area contributed by atoms with Gasteiger partial charge in [0.05, 0.1) is 0 Å². The number of alkyl halides is 1. The molecule has 0 aliphatic carbocycles. The predicted octanol–water partition coefficient (Wildman–Crippen LogP) is 2.35. The SMILES string of the molecule is CCCCCC[SiH2]CCl. The van der Waals surface area contributed by atoms with Crippen LogP contribution in [-0.2, 0) is 0 Å². The number of halogens is 1. The number of hydrogen-bond donors (Lipinski definition) is 0. The smallest absolute Gasteiger partial charge is 0.0378 e. The van der Waals surface area contributed by atoms with Gasteiger partial charge in [0.2, 0.25) is 0 Å². The van der Waals surface area contributed by atoms with Gasteiger partial charge < -0.3 is 0 Å². The maximum atomic E-state index is 5.58. The van der Waals surface area contributed by atoms with E-state index < -0.39 is 0 Å². The molecule has 0 aliphatic heterocycles. The molecule has 0 saturated heterocycles. The highest BCUT2D eigenvalue weighted by atomic mass is 35.5. The van der Waals surface area contributed by atoms with Gasteiger partial charge in [0.25, 0.3) is 0 Å². The van der Waals surface area contributed by atoms with E-state index in [1.54, 1.807) is 0 Å². The van der Waals surface area contributed by atoms with Crippen molar-refractivity contribution in [2.24, 2.45) is 0 Å². The van der Waals surface area contributed by atoms with Crippen molar-refractivity contribution in [3.8, 4) is 0 Å². The summed E-state index contributed by atoms with van der Waals surface area (Å²) in [6.07, 6.45) is 5.63. The second-order valence-electron chi connectivity index (χ2n) is 2.46. The second-order valence-corrected chi connectivity index (χ2v) is 5.38. The molecule has 2 heteroatoms. The summed E-state index contributed by atoms with van der Waals surface area (Å²) in [5.41, 5.74) is 0.978. The lowest BCUT2D eigenvalue weighted by molar-refractivity contribution is 0.700. The van der Waals surface area contributed by atoms with Crippen molar-refractivity contribution in [3.05, 3.63) is 0 Å². The van der Waals surface area contributed by atoms with Gasteiger partial charge in [-0.15, -0.1) is 11.6 Å². The van der Waals surface area contributed by atoms with Gasteiger partial charge >= 0.3 is 0 Å². The van der Waals surface area contributed by atoms with Crippen LogP contribution in [0, 0.1) is 0 Å². The first kappa shape index (κ1) is 9.51. The van der Waals surface area contributed by atoms with Crippen LogP contribution in [0.2, 0.25) is 6.04 Å². The summed E-state index contributed by atoms with van der Waals surface area (Å²) in [6.45, 7) is 2.25. The summed E-state index contributed by atoms with van der Waals surface area (Å²) in [7, 11) is 0.159. The van der Waals surface area contributed by atoms with Crippen LogP contribution in [0.5, 0.6) is 0 Å². The van der Waals surface area contributed by atoms with Crippen LogP contribution >= 0.6 is 11.6 Å². The van der Waals surface area contributed by atoms with E-state index in [0.29, 0.717) is 0 Å². The van der Waals surface area contributed by atoms with Gasteiger partial charge in [-0.05, 0) is 0 Å². The number of unbranched alkanes of at least 4 members (excludes halogenated alkanes) is 3. The minimum Gasteiger partial charge on any atom is -0.131 e. The average Bonchev–Trinajstić information content (AvgIpc) is 1.89. The monoisotopic (exact) mass is 164 g/mol. The summed E-state index contributed by atoms with van der Waals surface area (Å²) in [5.74, 6) is 0. The molecule has 0 bridgehead atoms. The van der Waals surface area contributed by atoms with E-state index in [-0.39, 0.29) is 9.52 Å². The molecule has 0 fully saturated rings. The molecule has 0 nitrogen and oxygen atoms in total. The van der Waals surface area contributed by atoms with Crippen LogP contribution in [0.3, 0.4) is 0 Å². The number of hydrogen-bond acceptors (Lipinski definition) is 0. The Labute approximate surface area is 65.8 Å². The van der Waals surface area contributed by atoms with E-state index >= 15 is 0 Å². The van der Waals surface area contributed by atoms with Crippen molar-refractivity contribution in [1.29, 1.82) is 0 Å². The van der Waals surface area contributed by atoms with Crippen LogP contribution in [0.4, 0.5) is 0 Å². The molecule has 0 rings (SSSR count). The second kappa shape index (κ2) is 8.51. The molecule has 0 heterocycles. The minimum atomic E-state index is 0.159. The molecule has 0 aromatic rings. The first-order valence-electron chi connectivity index (χ1n) is 3.97. The standard InChI is InChI=1S/C7H17ClSi/c1-2-3-4-5-6-9-7-8/h2-7,9H2,1H3. The zero-order valence-corrected chi connectivity index (χ0v) is 8.50. The summed E-state index contributed by atoms with van der Waals surface area (Å²) in [4.78, 5) is 0. The molecule has 0 radical (unpaired) electrons. The molecule has 0 saturated carbocycles. The maximum Gasteiger partial charge on any atom is 0.0378 e. The van der Waals surface area contributed by atoms with Crippen LogP contribution < -0.4 is 0 Å². The molecule has 56 valence electrons. The minimum absolute atomic E-state index is 0.159. The Morgan fingerprint density at radius 1 is 1.22 bits per heavy atom. The Balaban J connectivity index is 2.60. The quantitative estimate of drug-likeness (QED) is 0.321. The number of rotatable bonds is 6. The molecule has 0 aromatic heterocycles. The molecular formula is C7H17ClSi. The van der Waals surface area contributed by atoms with E-state index in [2.05, 4.69) is 6.92 Å². The van der Waals surface area contributed by atoms with E-state index in [1.807, 2.05) is 0 Å². The van der Waals surface area contributed by atoms with E-state index in [1.165, 1.54) is 31.7 Å². The largest absolute Gasteiger partial charge is 0.131 e. The average molecular weight is 165 g/mol. The van der Waals surface area contributed by atoms with Gasteiger partial charge in [-0.2, -0.15) is 0 Å². The molecule has 0 unspecified atom stereocenters. The van der Waals surface area contributed by atoms with Gasteiger partial charge in [0, 0.05) is 15.0 Å². The van der Waals surface area contributed by atoms with Crippen molar-refractivity contribution in [1.82, 2.24) is 0 Å². The van der Waals surface area contributed by atoms with E-state index in [9.17, 15) is 0 Å². The van der Waals surface area contributed by atoms with Crippen LogP contribution in [0.1, 0.15) is 32.6 Å². The Bertz CT molecular complexity index is 42.2. The van der Waals surface area contributed by atoms with E-state index in [0.717, 1.165) is 5.50 Å². The highest BCUT2D eigenvalue weighted by Crippen LogP contribution is 2.01. The molecular weight excluding hydrogens is 148 g/mol. The summed E-state index contributed by atoms with van der Waals surface area (Å²) < 4.78 is 0. The molecule has 0 amide bonds. The predicted molar refractivity (Wildman–Crippen MR) is 48.2 cm³/mol. The lowest BCUT2D eigenvalue weighted by Crippen LogP contribution is -1.90. The topological polar surface area (TPSA) is 0 Å². The zero-order chi connectivity index (χ0) is 6.95. The molecule has 0 N–H and O–H groups in total. The van der Waals surface area contributed by atoms with Crippen molar-refractivity contribution in [2.75, 3.05) is 5.50 Å². The van der Waals surface area contributed by atoms with Crippen molar-refractivity contribution in [3.63, 3.8) is 0 Å². The van der Waals surface area contributed by atoms with Crippen LogP contribution in [0.15, 0.2) is 0 Å². The first-order chi connectivity index (χ1) is 4.41. The van der Waals surface area contributed by atoms with Crippen LogP contribution in [-0.4, -0.2) is 15.0 Å². The third-order valence-corrected chi connectivity index (χ3v) is 3.56. The molecule has 9 heavy (non-hydrogen) atoms. The lowest BCUT2D eigenvalue weighted by Gasteiger charge is -1.94. The zero-order valence-electron chi connectivity index (χ0n) is 6.33. The molecule has 0 atom stereocenters. The molecule has 0 aromatic carbocycles. The maximum absolute atomic E-state index is 5.58. The highest BCUT2D eigenvalue weighted by Gasteiger charge is 1.87. The Morgan fingerprint density at radius 2 is 2.00 bits per heavy atom. The normalized spacial score (nSPS) is 11.3. The third kappa shape index (κ3) is 8.51. The molecule has 0 aliphatic rings. The van der Waals surface area contributed by atoms with Crippen molar-refractivity contribution >= 4 is 21.1 Å². The molecule has 0 spiro atoms. The van der Waals surface area contributed by atoms with Crippen molar-refractivity contribution in [2.45, 2.75) is 38.7 Å². The Kier molecular flexibility index (Phi) is 8.99. The summed E-state index contributed by atoms with van der Waals surface area (Å²) in [5, 5.41) is 0. The fraction of sp³-hybridized carbons (Fsp3) is 1.00. The van der Waals surface area contributed by atoms with E-state index in [4.69, 9.17) is 11.6 Å². The first-order valence-corrected chi connectivity index (χ1v) is 6.51. The van der Waals surface area contributed by atoms with Gasteiger partial charge in [-0.25, -0.2) is 0 Å². The third-order valence-electron chi connectivity index (χ3n) is 1.49. The van der Waals surface area contributed by atoms with Gasteiger partial charge in [-0.3, -0.25) is 0 Å². The van der Waals surface area contributed by atoms with Crippen LogP contribution in [0.25, 0.3) is 0 Å². The van der Waals surface area contributed by atoms with Gasteiger partial charge in [0.15, 0.2) is 0 Å². The lowest BCUT2D eigenvalue weighted by atomic mass is 10.2.